The third kappa shape index (κ3) is 5.37. The highest BCUT2D eigenvalue weighted by Crippen LogP contribution is 1.86. The third-order valence-corrected chi connectivity index (χ3v) is 0.715. The van der Waals surface area contributed by atoms with Gasteiger partial charge >= 0.3 is 0 Å². The summed E-state index contributed by atoms with van der Waals surface area (Å²) in [5.41, 5.74) is 0. The van der Waals surface area contributed by atoms with E-state index in [-0.39, 0.29) is 6.61 Å². The van der Waals surface area contributed by atoms with Crippen molar-refractivity contribution in [2.24, 2.45) is 0 Å². The number of aliphatic hydroxyl groups is 1. The summed E-state index contributed by atoms with van der Waals surface area (Å²) in [6.45, 7) is 0.184. The van der Waals surface area contributed by atoms with Gasteiger partial charge in [0, 0.05) is 6.61 Å². The van der Waals surface area contributed by atoms with E-state index in [4.69, 9.17) is 5.11 Å². The molecule has 45 valence electrons. The first kappa shape index (κ1) is 7.37. The summed E-state index contributed by atoms with van der Waals surface area (Å²) in [5.74, 6) is 0. The Morgan fingerprint density at radius 1 is 1.62 bits per heavy atom. The molecule has 0 bridgehead atoms. The molecule has 0 aromatic rings. The maximum Gasteiger partial charge on any atom is 0.225 e. The van der Waals surface area contributed by atoms with E-state index in [0.717, 1.165) is 12.8 Å². The van der Waals surface area contributed by atoms with Gasteiger partial charge in [0.1, 0.15) is 0 Å². The maximum absolute atomic E-state index is 9.49. The summed E-state index contributed by atoms with van der Waals surface area (Å²) in [7, 11) is 0. The van der Waals surface area contributed by atoms with Crippen molar-refractivity contribution < 1.29 is 9.90 Å². The van der Waals surface area contributed by atoms with Crippen LogP contribution in [0, 0.1) is 0 Å². The second kappa shape index (κ2) is 6.37. The van der Waals surface area contributed by atoms with Crippen molar-refractivity contribution >= 4 is 6.29 Å². The van der Waals surface area contributed by atoms with E-state index in [1.54, 1.807) is 12.4 Å². The van der Waals surface area contributed by atoms with Gasteiger partial charge in [-0.15, -0.1) is 0 Å². The minimum atomic E-state index is 0.184. The molecule has 0 aliphatic heterocycles. The minimum absolute atomic E-state index is 0.184. The smallest absolute Gasteiger partial charge is 0.225 e. The molecule has 0 unspecified atom stereocenters. The Morgan fingerprint density at radius 3 is 2.88 bits per heavy atom. The molecule has 0 aromatic carbocycles. The van der Waals surface area contributed by atoms with Crippen molar-refractivity contribution in [3.63, 3.8) is 0 Å². The quantitative estimate of drug-likeness (QED) is 0.424. The molecular weight excluding hydrogens is 104 g/mol. The Bertz CT molecular complexity index is 76.6. The Balaban J connectivity index is 2.91. The summed E-state index contributed by atoms with van der Waals surface area (Å²) in [6.07, 6.45) is 6.09. The number of allylic oxidation sites excluding steroid dienone is 2. The van der Waals surface area contributed by atoms with Gasteiger partial charge in [-0.3, -0.25) is 4.79 Å². The summed E-state index contributed by atoms with van der Waals surface area (Å²) in [6, 6.07) is 0. The first-order chi connectivity index (χ1) is 3.91. The van der Waals surface area contributed by atoms with Gasteiger partial charge in [0.25, 0.3) is 0 Å². The Morgan fingerprint density at radius 2 is 2.38 bits per heavy atom. The topological polar surface area (TPSA) is 37.3 Å². The van der Waals surface area contributed by atoms with Crippen LogP contribution < -0.4 is 0 Å². The Hall–Kier alpha value is -0.630. The fourth-order valence-electron chi connectivity index (χ4n) is 0.341. The van der Waals surface area contributed by atoms with Crippen molar-refractivity contribution in [2.75, 3.05) is 6.61 Å². The molecule has 2 heteroatoms. The number of rotatable bonds is 4. The zero-order valence-electron chi connectivity index (χ0n) is 4.63. The molecule has 0 rings (SSSR count). The highest BCUT2D eigenvalue weighted by atomic mass is 16.2. The van der Waals surface area contributed by atoms with E-state index in [2.05, 4.69) is 0 Å². The highest BCUT2D eigenvalue weighted by Gasteiger charge is 1.75. The summed E-state index contributed by atoms with van der Waals surface area (Å²) in [4.78, 5) is 9.49. The van der Waals surface area contributed by atoms with Gasteiger partial charge in [0.05, 0.1) is 0 Å². The Labute approximate surface area is 48.8 Å². The standard InChI is InChI=1S/C6H9O2/c7-5-3-1-2-4-6-8/h1,3,8H,2,4,6H2. The lowest BCUT2D eigenvalue weighted by molar-refractivity contribution is 0.289. The zero-order chi connectivity index (χ0) is 6.24. The average Bonchev–Trinajstić information content (AvgIpc) is 1.81. The number of hydrogen-bond donors (Lipinski definition) is 1. The summed E-state index contributed by atoms with van der Waals surface area (Å²) < 4.78 is 0. The van der Waals surface area contributed by atoms with Crippen LogP contribution in [0.5, 0.6) is 0 Å². The van der Waals surface area contributed by atoms with Crippen LogP contribution in [-0.4, -0.2) is 18.0 Å². The van der Waals surface area contributed by atoms with Crippen molar-refractivity contribution in [3.8, 4) is 0 Å². The fourth-order valence-corrected chi connectivity index (χ4v) is 0.341. The van der Waals surface area contributed by atoms with Crippen LogP contribution in [0.2, 0.25) is 0 Å². The largest absolute Gasteiger partial charge is 0.396 e. The van der Waals surface area contributed by atoms with Gasteiger partial charge in [-0.1, -0.05) is 6.08 Å². The molecule has 1 N–H and O–H groups in total. The monoisotopic (exact) mass is 113 g/mol. The summed E-state index contributed by atoms with van der Waals surface area (Å²) in [5, 5.41) is 8.23. The van der Waals surface area contributed by atoms with Gasteiger partial charge in [0.15, 0.2) is 0 Å². The van der Waals surface area contributed by atoms with Crippen molar-refractivity contribution in [2.45, 2.75) is 12.8 Å². The zero-order valence-corrected chi connectivity index (χ0v) is 4.63. The van der Waals surface area contributed by atoms with E-state index >= 15 is 0 Å². The van der Waals surface area contributed by atoms with Crippen LogP contribution >= 0.6 is 0 Å². The first-order valence-electron chi connectivity index (χ1n) is 2.55. The normalized spacial score (nSPS) is 10.1. The molecular formula is C6H9O2. The maximum atomic E-state index is 9.49. The molecule has 0 amide bonds. The van der Waals surface area contributed by atoms with Gasteiger partial charge in [-0.25, -0.2) is 0 Å². The SMILES string of the molecule is O=[C]C=CCCCO. The molecule has 0 atom stereocenters. The van der Waals surface area contributed by atoms with Crippen molar-refractivity contribution in [1.29, 1.82) is 0 Å². The molecule has 0 aliphatic rings. The van der Waals surface area contributed by atoms with E-state index < -0.39 is 0 Å². The Kier molecular flexibility index (Phi) is 5.87. The average molecular weight is 113 g/mol. The fraction of sp³-hybridized carbons (Fsp3) is 0.500. The van der Waals surface area contributed by atoms with Crippen molar-refractivity contribution in [1.82, 2.24) is 0 Å². The van der Waals surface area contributed by atoms with Crippen LogP contribution in [0.15, 0.2) is 12.2 Å². The van der Waals surface area contributed by atoms with E-state index in [1.165, 1.54) is 6.08 Å². The lowest BCUT2D eigenvalue weighted by Crippen LogP contribution is -1.77. The molecule has 8 heavy (non-hydrogen) atoms. The predicted octanol–water partition coefficient (Wildman–Crippen LogP) is 0.425. The lowest BCUT2D eigenvalue weighted by atomic mass is 10.3. The van der Waals surface area contributed by atoms with Crippen molar-refractivity contribution in [3.05, 3.63) is 12.2 Å². The van der Waals surface area contributed by atoms with Crippen LogP contribution in [0.25, 0.3) is 0 Å². The highest BCUT2D eigenvalue weighted by molar-refractivity contribution is 5.65. The molecule has 0 saturated heterocycles. The predicted molar refractivity (Wildman–Crippen MR) is 31.2 cm³/mol. The second-order valence-electron chi connectivity index (χ2n) is 1.39. The van der Waals surface area contributed by atoms with E-state index in [0.29, 0.717) is 0 Å². The molecule has 0 aromatic heterocycles. The van der Waals surface area contributed by atoms with E-state index in [1.807, 2.05) is 0 Å². The molecule has 0 aliphatic carbocycles. The first-order valence-corrected chi connectivity index (χ1v) is 2.55. The molecule has 2 nitrogen and oxygen atoms in total. The summed E-state index contributed by atoms with van der Waals surface area (Å²) >= 11 is 0. The van der Waals surface area contributed by atoms with Gasteiger partial charge in [0.2, 0.25) is 6.29 Å². The van der Waals surface area contributed by atoms with Crippen LogP contribution in [0.4, 0.5) is 0 Å². The number of carbonyl (C=O) groups excluding carboxylic acids is 1. The van der Waals surface area contributed by atoms with Crippen LogP contribution in [0.1, 0.15) is 12.8 Å². The van der Waals surface area contributed by atoms with Gasteiger partial charge in [-0.05, 0) is 18.9 Å². The minimum Gasteiger partial charge on any atom is -0.396 e. The number of aliphatic hydroxyl groups excluding tert-OH is 1. The second-order valence-corrected chi connectivity index (χ2v) is 1.39. The lowest BCUT2D eigenvalue weighted by Gasteiger charge is -1.83. The van der Waals surface area contributed by atoms with Gasteiger partial charge < -0.3 is 5.11 Å². The molecule has 0 fully saturated rings. The molecule has 0 heterocycles. The number of unbranched alkanes of at least 4 members (excludes halogenated alkanes) is 1. The van der Waals surface area contributed by atoms with Crippen LogP contribution in [-0.2, 0) is 4.79 Å². The molecule has 0 saturated carbocycles. The van der Waals surface area contributed by atoms with Gasteiger partial charge in [-0.2, -0.15) is 0 Å². The molecule has 0 spiro atoms. The van der Waals surface area contributed by atoms with Crippen LogP contribution in [0.3, 0.4) is 0 Å². The van der Waals surface area contributed by atoms with E-state index in [9.17, 15) is 4.79 Å². The third-order valence-electron chi connectivity index (χ3n) is 0.715. The number of hydrogen-bond acceptors (Lipinski definition) is 2. The molecule has 1 radical (unpaired) electrons.